The van der Waals surface area contributed by atoms with Gasteiger partial charge in [-0.15, -0.1) is 6.58 Å². The Morgan fingerprint density at radius 3 is 2.64 bits per heavy atom. The maximum atomic E-state index is 10.4. The Hall–Kier alpha value is -0.830. The Balaban J connectivity index is 3.60. The van der Waals surface area contributed by atoms with Crippen molar-refractivity contribution in [3.05, 3.63) is 12.7 Å². The van der Waals surface area contributed by atoms with Crippen LogP contribution in [0.2, 0.25) is 0 Å². The minimum atomic E-state index is -0.711. The normalized spacial score (nSPS) is 11.3. The third kappa shape index (κ3) is 7.80. The minimum Gasteiger partial charge on any atom is -0.481 e. The van der Waals surface area contributed by atoms with Crippen molar-refractivity contribution in [1.29, 1.82) is 0 Å². The summed E-state index contributed by atoms with van der Waals surface area (Å²) in [6.45, 7) is 9.55. The first-order chi connectivity index (χ1) is 6.48. The van der Waals surface area contributed by atoms with Crippen LogP contribution in [-0.4, -0.2) is 24.2 Å². The van der Waals surface area contributed by atoms with Crippen molar-refractivity contribution >= 4 is 5.97 Å². The van der Waals surface area contributed by atoms with Gasteiger partial charge in [-0.1, -0.05) is 19.9 Å². The molecule has 0 fully saturated rings. The summed E-state index contributed by atoms with van der Waals surface area (Å²) in [5, 5.41) is 11.8. The van der Waals surface area contributed by atoms with Crippen molar-refractivity contribution in [1.82, 2.24) is 5.32 Å². The van der Waals surface area contributed by atoms with Crippen molar-refractivity contribution in [2.75, 3.05) is 13.1 Å². The summed E-state index contributed by atoms with van der Waals surface area (Å²) >= 11 is 0. The highest BCUT2D eigenvalue weighted by atomic mass is 16.4. The Labute approximate surface area is 86.2 Å². The lowest BCUT2D eigenvalue weighted by atomic mass is 9.84. The lowest BCUT2D eigenvalue weighted by molar-refractivity contribution is -0.137. The van der Waals surface area contributed by atoms with Crippen molar-refractivity contribution in [2.24, 2.45) is 5.41 Å². The molecule has 0 aliphatic heterocycles. The van der Waals surface area contributed by atoms with Crippen LogP contribution >= 0.6 is 0 Å². The molecular weight excluding hydrogens is 178 g/mol. The van der Waals surface area contributed by atoms with Crippen LogP contribution in [0.3, 0.4) is 0 Å². The molecule has 2 N–H and O–H groups in total. The Morgan fingerprint density at radius 1 is 1.50 bits per heavy atom. The van der Waals surface area contributed by atoms with Crippen LogP contribution in [0.25, 0.3) is 0 Å². The summed E-state index contributed by atoms with van der Waals surface area (Å²) in [7, 11) is 0. The minimum absolute atomic E-state index is 0.104. The molecule has 3 heteroatoms. The first-order valence-corrected chi connectivity index (χ1v) is 5.01. The fraction of sp³-hybridized carbons (Fsp3) is 0.727. The van der Waals surface area contributed by atoms with Crippen molar-refractivity contribution in [2.45, 2.75) is 33.1 Å². The summed E-state index contributed by atoms with van der Waals surface area (Å²) in [5.74, 6) is -0.711. The zero-order chi connectivity index (χ0) is 11.0. The molecule has 0 rings (SSSR count). The van der Waals surface area contributed by atoms with Gasteiger partial charge in [0.2, 0.25) is 0 Å². The van der Waals surface area contributed by atoms with Crippen LogP contribution in [-0.2, 0) is 4.79 Å². The number of hydrogen-bond donors (Lipinski definition) is 2. The van der Waals surface area contributed by atoms with E-state index in [1.807, 2.05) is 6.08 Å². The second-order valence-electron chi connectivity index (χ2n) is 4.30. The third-order valence-electron chi connectivity index (χ3n) is 2.28. The van der Waals surface area contributed by atoms with Crippen LogP contribution in [0.1, 0.15) is 33.1 Å². The van der Waals surface area contributed by atoms with Crippen LogP contribution < -0.4 is 5.32 Å². The van der Waals surface area contributed by atoms with Gasteiger partial charge in [0, 0.05) is 13.0 Å². The summed E-state index contributed by atoms with van der Waals surface area (Å²) in [6.07, 6.45) is 3.81. The highest BCUT2D eigenvalue weighted by Gasteiger charge is 2.18. The summed E-state index contributed by atoms with van der Waals surface area (Å²) in [4.78, 5) is 10.4. The van der Waals surface area contributed by atoms with Gasteiger partial charge >= 0.3 is 5.97 Å². The van der Waals surface area contributed by atoms with Gasteiger partial charge in [-0.25, -0.2) is 0 Å². The van der Waals surface area contributed by atoms with Crippen LogP contribution in [0, 0.1) is 5.41 Å². The largest absolute Gasteiger partial charge is 0.481 e. The highest BCUT2D eigenvalue weighted by Crippen LogP contribution is 2.25. The monoisotopic (exact) mass is 199 g/mol. The van der Waals surface area contributed by atoms with Gasteiger partial charge in [0.25, 0.3) is 0 Å². The smallest absolute Gasteiger partial charge is 0.303 e. The van der Waals surface area contributed by atoms with Crippen LogP contribution in [0.5, 0.6) is 0 Å². The van der Waals surface area contributed by atoms with Crippen molar-refractivity contribution in [3.8, 4) is 0 Å². The van der Waals surface area contributed by atoms with Gasteiger partial charge < -0.3 is 10.4 Å². The first kappa shape index (κ1) is 13.2. The molecule has 0 aromatic carbocycles. The molecule has 0 atom stereocenters. The number of rotatable bonds is 8. The van der Waals surface area contributed by atoms with Gasteiger partial charge in [-0.2, -0.15) is 0 Å². The first-order valence-electron chi connectivity index (χ1n) is 5.01. The van der Waals surface area contributed by atoms with Crippen molar-refractivity contribution < 1.29 is 9.90 Å². The molecule has 0 heterocycles. The molecule has 0 aromatic rings. The molecule has 0 aromatic heterocycles. The van der Waals surface area contributed by atoms with Crippen LogP contribution in [0.15, 0.2) is 12.7 Å². The summed E-state index contributed by atoms with van der Waals surface area (Å²) < 4.78 is 0. The lowest BCUT2D eigenvalue weighted by Crippen LogP contribution is -2.23. The predicted molar refractivity (Wildman–Crippen MR) is 58.3 cm³/mol. The molecule has 14 heavy (non-hydrogen) atoms. The Bertz CT molecular complexity index is 188. The molecule has 0 aliphatic carbocycles. The van der Waals surface area contributed by atoms with E-state index in [1.165, 1.54) is 0 Å². The molecular formula is C11H21NO2. The number of carboxylic acids is 1. The number of hydrogen-bond acceptors (Lipinski definition) is 2. The molecule has 0 bridgehead atoms. The second-order valence-corrected chi connectivity index (χ2v) is 4.30. The molecule has 3 nitrogen and oxygen atoms in total. The van der Waals surface area contributed by atoms with E-state index in [0.717, 1.165) is 25.9 Å². The van der Waals surface area contributed by atoms with Gasteiger partial charge in [-0.05, 0) is 24.8 Å². The number of carboxylic acid groups (broad SMARTS) is 1. The number of carbonyl (C=O) groups is 1. The molecule has 0 saturated carbocycles. The average molecular weight is 199 g/mol. The molecule has 0 radical (unpaired) electrons. The number of aliphatic carboxylic acids is 1. The summed E-state index contributed by atoms with van der Waals surface area (Å²) in [5.41, 5.74) is 0.104. The molecule has 82 valence electrons. The molecule has 0 saturated heterocycles. The second kappa shape index (κ2) is 6.60. The average Bonchev–Trinajstić information content (AvgIpc) is 2.10. The molecule has 0 unspecified atom stereocenters. The van der Waals surface area contributed by atoms with Gasteiger partial charge in [-0.3, -0.25) is 4.79 Å². The number of nitrogens with one attached hydrogen (secondary N) is 1. The van der Waals surface area contributed by atoms with E-state index in [1.54, 1.807) is 0 Å². The Kier molecular flexibility index (Phi) is 6.21. The van der Waals surface area contributed by atoms with Crippen molar-refractivity contribution in [3.63, 3.8) is 0 Å². The van der Waals surface area contributed by atoms with Gasteiger partial charge in [0.05, 0.1) is 0 Å². The van der Waals surface area contributed by atoms with Gasteiger partial charge in [0.15, 0.2) is 0 Å². The summed E-state index contributed by atoms with van der Waals surface area (Å²) in [6, 6.07) is 0. The fourth-order valence-electron chi connectivity index (χ4n) is 1.20. The standard InChI is InChI=1S/C11H21NO2/c1-4-8-12-9-7-11(2,3)6-5-10(13)14/h4,12H,1,5-9H2,2-3H3,(H,13,14). The molecule has 0 amide bonds. The van der Waals surface area contributed by atoms with E-state index in [4.69, 9.17) is 5.11 Å². The topological polar surface area (TPSA) is 49.3 Å². The van der Waals surface area contributed by atoms with E-state index in [9.17, 15) is 4.79 Å². The molecule has 0 aliphatic rings. The van der Waals surface area contributed by atoms with E-state index in [-0.39, 0.29) is 11.8 Å². The SMILES string of the molecule is C=CCNCCC(C)(C)CCC(=O)O. The lowest BCUT2D eigenvalue weighted by Gasteiger charge is -2.23. The van der Waals surface area contributed by atoms with E-state index in [0.29, 0.717) is 0 Å². The quantitative estimate of drug-likeness (QED) is 0.464. The Morgan fingerprint density at radius 2 is 2.14 bits per heavy atom. The van der Waals surface area contributed by atoms with E-state index < -0.39 is 5.97 Å². The molecule has 0 spiro atoms. The van der Waals surface area contributed by atoms with E-state index >= 15 is 0 Å². The van der Waals surface area contributed by atoms with Gasteiger partial charge in [0.1, 0.15) is 0 Å². The predicted octanol–water partition coefficient (Wildman–Crippen LogP) is 2.04. The zero-order valence-electron chi connectivity index (χ0n) is 9.18. The van der Waals surface area contributed by atoms with Crippen LogP contribution in [0.4, 0.5) is 0 Å². The fourth-order valence-corrected chi connectivity index (χ4v) is 1.20. The third-order valence-corrected chi connectivity index (χ3v) is 2.28. The highest BCUT2D eigenvalue weighted by molar-refractivity contribution is 5.66. The maximum absolute atomic E-state index is 10.4. The zero-order valence-corrected chi connectivity index (χ0v) is 9.18. The van der Waals surface area contributed by atoms with E-state index in [2.05, 4.69) is 25.7 Å². The maximum Gasteiger partial charge on any atom is 0.303 e.